The molecule has 188 valence electrons. The molecule has 3 heterocycles. The number of benzene rings is 4. The molecule has 2 nitrogen and oxygen atoms in total. The Morgan fingerprint density at radius 3 is 2.05 bits per heavy atom. The molecule has 0 saturated heterocycles. The maximum absolute atomic E-state index is 12.9. The van der Waals surface area contributed by atoms with Crippen molar-refractivity contribution in [1.82, 2.24) is 9.97 Å². The van der Waals surface area contributed by atoms with Crippen molar-refractivity contribution in [2.75, 3.05) is 0 Å². The smallest absolute Gasteiger partial charge is 0.256 e. The van der Waals surface area contributed by atoms with Crippen LogP contribution in [0.3, 0.4) is 0 Å². The number of halogens is 3. The minimum absolute atomic E-state index is 0.657. The molecule has 6 heteroatoms. The first kappa shape index (κ1) is 23.6. The van der Waals surface area contributed by atoms with Gasteiger partial charge in [-0.2, -0.15) is 13.2 Å². The van der Waals surface area contributed by atoms with E-state index in [0.29, 0.717) is 5.56 Å². The molecule has 4 aromatic carbocycles. The second-order valence-corrected chi connectivity index (χ2v) is 10.5. The largest absolute Gasteiger partial charge is 0.416 e. The molecule has 3 aromatic heterocycles. The topological polar surface area (TPSA) is 25.8 Å². The fourth-order valence-electron chi connectivity index (χ4n) is 4.93. The lowest BCUT2D eigenvalue weighted by atomic mass is 10.0. The van der Waals surface area contributed by atoms with Crippen molar-refractivity contribution in [3.63, 3.8) is 0 Å². The molecule has 0 unspecified atom stereocenters. The number of fused-ring (bicyclic) bond motifs is 4. The van der Waals surface area contributed by atoms with Crippen LogP contribution in [0, 0.1) is 0 Å². The predicted octanol–water partition coefficient (Wildman–Crippen LogP) is 10.0. The number of thiophene rings is 1. The quantitative estimate of drug-likeness (QED) is 0.226. The lowest BCUT2D eigenvalue weighted by Crippen LogP contribution is -2.03. The molecule has 7 aromatic rings. The third kappa shape index (κ3) is 4.33. The van der Waals surface area contributed by atoms with Gasteiger partial charge in [-0.3, -0.25) is 9.97 Å². The third-order valence-electron chi connectivity index (χ3n) is 7.00. The molecule has 0 spiro atoms. The van der Waals surface area contributed by atoms with Crippen LogP contribution in [0.1, 0.15) is 5.56 Å². The van der Waals surface area contributed by atoms with Crippen molar-refractivity contribution in [2.24, 2.45) is 0 Å². The molecule has 0 radical (unpaired) electrons. The van der Waals surface area contributed by atoms with Crippen molar-refractivity contribution in [2.45, 2.75) is 6.18 Å². The first-order valence-electron chi connectivity index (χ1n) is 12.4. The Labute approximate surface area is 226 Å². The Balaban J connectivity index is 1.17. The molecule has 0 atom stereocenters. The fourth-order valence-corrected chi connectivity index (χ4v) is 6.02. The van der Waals surface area contributed by atoms with Crippen LogP contribution in [0.4, 0.5) is 13.2 Å². The van der Waals surface area contributed by atoms with Crippen LogP contribution in [0.25, 0.3) is 64.6 Å². The normalized spacial score (nSPS) is 12.0. The van der Waals surface area contributed by atoms with Crippen LogP contribution in [-0.4, -0.2) is 9.97 Å². The Morgan fingerprint density at radius 1 is 0.538 bits per heavy atom. The summed E-state index contributed by atoms with van der Waals surface area (Å²) >= 11 is 1.80. The molecule has 0 amide bonds. The number of hydrogen-bond donors (Lipinski definition) is 0. The molecule has 0 aliphatic carbocycles. The maximum atomic E-state index is 12.9. The van der Waals surface area contributed by atoms with Crippen molar-refractivity contribution < 1.29 is 13.2 Å². The minimum atomic E-state index is -4.35. The van der Waals surface area contributed by atoms with E-state index < -0.39 is 11.7 Å². The highest BCUT2D eigenvalue weighted by atomic mass is 32.1. The summed E-state index contributed by atoms with van der Waals surface area (Å²) in [6.45, 7) is 0. The molecule has 7 rings (SSSR count). The lowest BCUT2D eigenvalue weighted by molar-refractivity contribution is -0.137. The summed E-state index contributed by atoms with van der Waals surface area (Å²) in [5.41, 5.74) is 5.54. The van der Waals surface area contributed by atoms with Gasteiger partial charge in [-0.15, -0.1) is 11.3 Å². The minimum Gasteiger partial charge on any atom is -0.256 e. The van der Waals surface area contributed by atoms with E-state index in [2.05, 4.69) is 59.6 Å². The average molecular weight is 533 g/mol. The zero-order valence-corrected chi connectivity index (χ0v) is 21.2. The van der Waals surface area contributed by atoms with Gasteiger partial charge >= 0.3 is 6.18 Å². The van der Waals surface area contributed by atoms with Crippen LogP contribution >= 0.6 is 11.3 Å². The van der Waals surface area contributed by atoms with E-state index in [0.717, 1.165) is 51.0 Å². The molecule has 39 heavy (non-hydrogen) atoms. The highest BCUT2D eigenvalue weighted by Gasteiger charge is 2.30. The van der Waals surface area contributed by atoms with Crippen molar-refractivity contribution in [3.8, 4) is 33.5 Å². The Bertz CT molecular complexity index is 1990. The van der Waals surface area contributed by atoms with Crippen molar-refractivity contribution in [3.05, 3.63) is 121 Å². The number of alkyl halides is 3. The Morgan fingerprint density at radius 2 is 1.26 bits per heavy atom. The van der Waals surface area contributed by atoms with Crippen molar-refractivity contribution in [1.29, 1.82) is 0 Å². The van der Waals surface area contributed by atoms with E-state index in [9.17, 15) is 13.2 Å². The number of hydrogen-bond acceptors (Lipinski definition) is 3. The van der Waals surface area contributed by atoms with Crippen LogP contribution in [0.15, 0.2) is 116 Å². The van der Waals surface area contributed by atoms with Crippen LogP contribution in [0.2, 0.25) is 0 Å². The monoisotopic (exact) mass is 532 g/mol. The summed E-state index contributed by atoms with van der Waals surface area (Å²) in [6.07, 6.45) is -0.677. The molecule has 0 bridgehead atoms. The van der Waals surface area contributed by atoms with E-state index in [4.69, 9.17) is 4.98 Å². The van der Waals surface area contributed by atoms with Gasteiger partial charge in [-0.1, -0.05) is 54.6 Å². The number of rotatable bonds is 3. The van der Waals surface area contributed by atoms with E-state index in [1.165, 1.54) is 32.3 Å². The summed E-state index contributed by atoms with van der Waals surface area (Å²) in [6, 6.07) is 32.0. The van der Waals surface area contributed by atoms with Gasteiger partial charge in [-0.05, 0) is 59.7 Å². The highest BCUT2D eigenvalue weighted by molar-refractivity contribution is 7.25. The summed E-state index contributed by atoms with van der Waals surface area (Å²) < 4.78 is 41.2. The van der Waals surface area contributed by atoms with E-state index in [-0.39, 0.29) is 0 Å². The molecule has 0 aliphatic heterocycles. The summed E-state index contributed by atoms with van der Waals surface area (Å²) in [5, 5.41) is 3.45. The number of pyridine rings is 2. The van der Waals surface area contributed by atoms with Gasteiger partial charge in [0.25, 0.3) is 0 Å². The molecule has 0 saturated carbocycles. The Kier molecular flexibility index (Phi) is 5.46. The van der Waals surface area contributed by atoms with Gasteiger partial charge in [0.05, 0.1) is 16.8 Å². The van der Waals surface area contributed by atoms with Gasteiger partial charge in [0.1, 0.15) is 0 Å². The highest BCUT2D eigenvalue weighted by Crippen LogP contribution is 2.36. The summed E-state index contributed by atoms with van der Waals surface area (Å²) in [5.74, 6) is 0. The van der Waals surface area contributed by atoms with Gasteiger partial charge in [-0.25, -0.2) is 0 Å². The number of nitrogens with zero attached hydrogens (tertiary/aromatic N) is 2. The SMILES string of the molecule is FC(F)(F)c1ccc(-c2ccc3cc(-c4ccc(-c5ccc6sc7ccccc7c6c5)nc4)cnc3c2)cc1. The van der Waals surface area contributed by atoms with Gasteiger partial charge in [0.2, 0.25) is 0 Å². The van der Waals surface area contributed by atoms with E-state index >= 15 is 0 Å². The van der Waals surface area contributed by atoms with E-state index in [1.807, 2.05) is 30.5 Å². The van der Waals surface area contributed by atoms with E-state index in [1.54, 1.807) is 17.5 Å². The first-order chi connectivity index (χ1) is 18.9. The number of aromatic nitrogens is 2. The average Bonchev–Trinajstić information content (AvgIpc) is 3.34. The van der Waals surface area contributed by atoms with Gasteiger partial charge in [0, 0.05) is 54.6 Å². The summed E-state index contributed by atoms with van der Waals surface area (Å²) in [4.78, 5) is 9.38. The maximum Gasteiger partial charge on any atom is 0.416 e. The molecule has 0 N–H and O–H groups in total. The standard InChI is InChI=1S/C33H19F3N2S/c34-33(35,36)26-11-7-20(8-12-26)21-5-6-22-15-25(19-38-30(22)17-21)24-9-13-29(37-18-24)23-10-14-32-28(16-23)27-3-1-2-4-31(27)39-32/h1-19H. The first-order valence-corrected chi connectivity index (χ1v) is 13.2. The summed E-state index contributed by atoms with van der Waals surface area (Å²) in [7, 11) is 0. The molecular weight excluding hydrogens is 513 g/mol. The van der Waals surface area contributed by atoms with Gasteiger partial charge in [0.15, 0.2) is 0 Å². The molecular formula is C33H19F3N2S. The van der Waals surface area contributed by atoms with Gasteiger partial charge < -0.3 is 0 Å². The zero-order chi connectivity index (χ0) is 26.6. The van der Waals surface area contributed by atoms with Crippen molar-refractivity contribution >= 4 is 42.4 Å². The molecule has 0 fully saturated rings. The van der Waals surface area contributed by atoms with Crippen LogP contribution in [0.5, 0.6) is 0 Å². The lowest BCUT2D eigenvalue weighted by Gasteiger charge is -2.09. The predicted molar refractivity (Wildman–Crippen MR) is 154 cm³/mol. The van der Waals surface area contributed by atoms with Crippen LogP contribution in [-0.2, 0) is 6.18 Å². The zero-order valence-electron chi connectivity index (χ0n) is 20.4. The third-order valence-corrected chi connectivity index (χ3v) is 8.15. The fraction of sp³-hybridized carbons (Fsp3) is 0.0303. The molecule has 0 aliphatic rings. The van der Waals surface area contributed by atoms with Crippen LogP contribution < -0.4 is 0 Å². The second kappa shape index (κ2) is 9.03. The second-order valence-electron chi connectivity index (χ2n) is 9.45. The Hall–Kier alpha value is -4.55.